The van der Waals surface area contributed by atoms with E-state index in [-0.39, 0.29) is 5.60 Å². The standard InChI is InChI=1S/C5H10N2O2/c1-5(2-3-5)9-4(8)7-6/h2-3,6H2,1H3,(H,7,8). The molecule has 0 spiro atoms. The number of nitrogens with one attached hydrogen (secondary N) is 1. The van der Waals surface area contributed by atoms with Crippen LogP contribution in [-0.4, -0.2) is 11.7 Å². The summed E-state index contributed by atoms with van der Waals surface area (Å²) < 4.78 is 4.82. The van der Waals surface area contributed by atoms with E-state index in [1.807, 2.05) is 12.3 Å². The molecule has 0 bridgehead atoms. The summed E-state index contributed by atoms with van der Waals surface area (Å²) in [6.45, 7) is 1.88. The Bertz CT molecular complexity index is 131. The average Bonchev–Trinajstić information content (AvgIpc) is 2.48. The van der Waals surface area contributed by atoms with Crippen LogP contribution in [0.3, 0.4) is 0 Å². The number of hydrogen-bond acceptors (Lipinski definition) is 3. The van der Waals surface area contributed by atoms with E-state index in [0.29, 0.717) is 0 Å². The molecule has 1 rings (SSSR count). The van der Waals surface area contributed by atoms with E-state index in [1.165, 1.54) is 0 Å². The third kappa shape index (κ3) is 1.57. The zero-order chi connectivity index (χ0) is 6.91. The summed E-state index contributed by atoms with van der Waals surface area (Å²) in [6.07, 6.45) is 1.34. The van der Waals surface area contributed by atoms with E-state index in [2.05, 4.69) is 0 Å². The summed E-state index contributed by atoms with van der Waals surface area (Å²) in [5.74, 6) is 4.78. The van der Waals surface area contributed by atoms with Crippen LogP contribution in [-0.2, 0) is 4.74 Å². The fourth-order valence-corrected chi connectivity index (χ4v) is 0.531. The molecule has 0 aromatic carbocycles. The molecular weight excluding hydrogens is 120 g/mol. The maximum absolute atomic E-state index is 10.4. The Morgan fingerprint density at radius 2 is 2.33 bits per heavy atom. The number of carbonyl (C=O) groups excluding carboxylic acids is 1. The monoisotopic (exact) mass is 130 g/mol. The van der Waals surface area contributed by atoms with E-state index in [0.717, 1.165) is 12.8 Å². The molecule has 52 valence electrons. The number of hydrazine groups is 1. The van der Waals surface area contributed by atoms with Crippen molar-refractivity contribution >= 4 is 6.09 Å². The maximum atomic E-state index is 10.4. The first kappa shape index (κ1) is 6.35. The zero-order valence-electron chi connectivity index (χ0n) is 5.31. The predicted octanol–water partition coefficient (Wildman–Crippen LogP) is 0.139. The van der Waals surface area contributed by atoms with E-state index in [1.54, 1.807) is 0 Å². The van der Waals surface area contributed by atoms with E-state index in [4.69, 9.17) is 10.6 Å². The van der Waals surface area contributed by atoms with E-state index < -0.39 is 6.09 Å². The molecule has 1 aliphatic rings. The number of amides is 1. The van der Waals surface area contributed by atoms with Crippen LogP contribution in [0.15, 0.2) is 0 Å². The SMILES string of the molecule is CC1(OC(=O)NN)CC1. The van der Waals surface area contributed by atoms with Crippen molar-refractivity contribution in [1.29, 1.82) is 0 Å². The van der Waals surface area contributed by atoms with Crippen molar-refractivity contribution in [1.82, 2.24) is 5.43 Å². The lowest BCUT2D eigenvalue weighted by Crippen LogP contribution is -2.33. The minimum Gasteiger partial charge on any atom is -0.442 e. The number of hydrogen-bond donors (Lipinski definition) is 2. The predicted molar refractivity (Wildman–Crippen MR) is 31.4 cm³/mol. The summed E-state index contributed by atoms with van der Waals surface area (Å²) in [6, 6.07) is 0. The molecule has 4 heteroatoms. The molecule has 0 aliphatic heterocycles. The van der Waals surface area contributed by atoms with Crippen LogP contribution in [0.2, 0.25) is 0 Å². The molecule has 0 heterocycles. The Labute approximate surface area is 53.3 Å². The van der Waals surface area contributed by atoms with Crippen molar-refractivity contribution < 1.29 is 9.53 Å². The fourth-order valence-electron chi connectivity index (χ4n) is 0.531. The highest BCUT2D eigenvalue weighted by atomic mass is 16.6. The summed E-state index contributed by atoms with van der Waals surface area (Å²) in [5.41, 5.74) is 1.68. The second kappa shape index (κ2) is 1.88. The summed E-state index contributed by atoms with van der Waals surface area (Å²) >= 11 is 0. The number of rotatable bonds is 1. The van der Waals surface area contributed by atoms with Gasteiger partial charge in [0.25, 0.3) is 0 Å². The van der Waals surface area contributed by atoms with E-state index >= 15 is 0 Å². The minimum absolute atomic E-state index is 0.219. The lowest BCUT2D eigenvalue weighted by molar-refractivity contribution is 0.0935. The lowest BCUT2D eigenvalue weighted by atomic mass is 10.4. The van der Waals surface area contributed by atoms with Gasteiger partial charge in [0.15, 0.2) is 0 Å². The number of carbonyl (C=O) groups is 1. The van der Waals surface area contributed by atoms with Gasteiger partial charge < -0.3 is 4.74 Å². The van der Waals surface area contributed by atoms with Crippen molar-refractivity contribution in [3.63, 3.8) is 0 Å². The van der Waals surface area contributed by atoms with Crippen LogP contribution in [0.1, 0.15) is 19.8 Å². The van der Waals surface area contributed by atoms with Gasteiger partial charge in [-0.15, -0.1) is 0 Å². The average molecular weight is 130 g/mol. The van der Waals surface area contributed by atoms with E-state index in [9.17, 15) is 4.79 Å². The van der Waals surface area contributed by atoms with Crippen molar-refractivity contribution in [2.45, 2.75) is 25.4 Å². The molecule has 0 aromatic heterocycles. The second-order valence-corrected chi connectivity index (χ2v) is 2.48. The van der Waals surface area contributed by atoms with Gasteiger partial charge in [-0.2, -0.15) is 0 Å². The molecule has 1 saturated carbocycles. The molecule has 0 aromatic rings. The first-order valence-corrected chi connectivity index (χ1v) is 2.86. The fraction of sp³-hybridized carbons (Fsp3) is 0.800. The molecule has 0 radical (unpaired) electrons. The second-order valence-electron chi connectivity index (χ2n) is 2.48. The van der Waals surface area contributed by atoms with Crippen molar-refractivity contribution in [2.75, 3.05) is 0 Å². The van der Waals surface area contributed by atoms with Crippen LogP contribution in [0.5, 0.6) is 0 Å². The highest BCUT2D eigenvalue weighted by Gasteiger charge is 2.41. The number of ether oxygens (including phenoxy) is 1. The molecule has 1 fully saturated rings. The Hall–Kier alpha value is -0.770. The molecule has 1 aliphatic carbocycles. The molecule has 1 amide bonds. The molecule has 0 unspecified atom stereocenters. The largest absolute Gasteiger partial charge is 0.442 e. The third-order valence-corrected chi connectivity index (χ3v) is 1.41. The quantitative estimate of drug-likeness (QED) is 0.301. The first-order valence-electron chi connectivity index (χ1n) is 2.86. The van der Waals surface area contributed by atoms with Crippen LogP contribution in [0.25, 0.3) is 0 Å². The molecule has 4 nitrogen and oxygen atoms in total. The van der Waals surface area contributed by atoms with Gasteiger partial charge in [-0.3, -0.25) is 5.43 Å². The third-order valence-electron chi connectivity index (χ3n) is 1.41. The van der Waals surface area contributed by atoms with Gasteiger partial charge in [-0.05, 0) is 19.8 Å². The normalized spacial score (nSPS) is 20.7. The van der Waals surface area contributed by atoms with Gasteiger partial charge >= 0.3 is 6.09 Å². The first-order chi connectivity index (χ1) is 4.16. The number of nitrogens with two attached hydrogens (primary N) is 1. The molecule has 3 N–H and O–H groups in total. The highest BCUT2D eigenvalue weighted by Crippen LogP contribution is 2.38. The van der Waals surface area contributed by atoms with Crippen LogP contribution >= 0.6 is 0 Å². The van der Waals surface area contributed by atoms with Gasteiger partial charge in [-0.1, -0.05) is 0 Å². The highest BCUT2D eigenvalue weighted by molar-refractivity contribution is 5.67. The molecule has 9 heavy (non-hydrogen) atoms. The Balaban J connectivity index is 2.25. The topological polar surface area (TPSA) is 64.3 Å². The zero-order valence-corrected chi connectivity index (χ0v) is 5.31. The van der Waals surface area contributed by atoms with Gasteiger partial charge in [0.2, 0.25) is 0 Å². The lowest BCUT2D eigenvalue weighted by Gasteiger charge is -2.08. The van der Waals surface area contributed by atoms with Gasteiger partial charge in [-0.25, -0.2) is 10.6 Å². The van der Waals surface area contributed by atoms with Gasteiger partial charge in [0.05, 0.1) is 0 Å². The van der Waals surface area contributed by atoms with Gasteiger partial charge in [0.1, 0.15) is 5.60 Å². The summed E-state index contributed by atoms with van der Waals surface area (Å²) in [5, 5.41) is 0. The van der Waals surface area contributed by atoms with Crippen LogP contribution in [0, 0.1) is 0 Å². The Kier molecular flexibility index (Phi) is 1.32. The minimum atomic E-state index is -0.546. The van der Waals surface area contributed by atoms with Crippen LogP contribution < -0.4 is 11.3 Å². The Morgan fingerprint density at radius 1 is 1.78 bits per heavy atom. The Morgan fingerprint density at radius 3 is 2.67 bits per heavy atom. The summed E-state index contributed by atoms with van der Waals surface area (Å²) in [4.78, 5) is 10.4. The molecule has 0 saturated heterocycles. The molecular formula is C5H10N2O2. The van der Waals surface area contributed by atoms with Crippen molar-refractivity contribution in [2.24, 2.45) is 5.84 Å². The maximum Gasteiger partial charge on any atom is 0.421 e. The van der Waals surface area contributed by atoms with Gasteiger partial charge in [0, 0.05) is 0 Å². The van der Waals surface area contributed by atoms with Crippen LogP contribution in [0.4, 0.5) is 4.79 Å². The molecule has 0 atom stereocenters. The smallest absolute Gasteiger partial charge is 0.421 e. The van der Waals surface area contributed by atoms with Crippen molar-refractivity contribution in [3.05, 3.63) is 0 Å². The summed E-state index contributed by atoms with van der Waals surface area (Å²) in [7, 11) is 0. The van der Waals surface area contributed by atoms with Crippen molar-refractivity contribution in [3.8, 4) is 0 Å².